The average molecular weight is 402 g/mol. The smallest absolute Gasteiger partial charge is 0.255 e. The molecule has 0 bridgehead atoms. The van der Waals surface area contributed by atoms with Crippen molar-refractivity contribution in [1.29, 1.82) is 0 Å². The van der Waals surface area contributed by atoms with E-state index in [4.69, 9.17) is 0 Å². The third-order valence-corrected chi connectivity index (χ3v) is 4.60. The third kappa shape index (κ3) is 4.20. The molecule has 0 radical (unpaired) electrons. The van der Waals surface area contributed by atoms with E-state index in [0.29, 0.717) is 12.2 Å². The summed E-state index contributed by atoms with van der Waals surface area (Å²) < 4.78 is 15.8. The number of para-hydroxylation sites is 2. The van der Waals surface area contributed by atoms with Crippen molar-refractivity contribution in [3.05, 3.63) is 90.0 Å². The van der Waals surface area contributed by atoms with Crippen molar-refractivity contribution < 1.29 is 14.0 Å². The van der Waals surface area contributed by atoms with Crippen LogP contribution in [0.2, 0.25) is 0 Å². The normalized spacial score (nSPS) is 10.7. The summed E-state index contributed by atoms with van der Waals surface area (Å²) in [6.45, 7) is 1.88. The number of nitrogens with zero attached hydrogens (tertiary/aromatic N) is 2. The van der Waals surface area contributed by atoms with Crippen molar-refractivity contribution in [1.82, 2.24) is 9.55 Å². The monoisotopic (exact) mass is 402 g/mol. The SMILES string of the molecule is CC(=O)Nc1cc(C(=O)Nc2cccc(Cn3cnc4ccccc43)c2)ccc1F. The first-order chi connectivity index (χ1) is 14.5. The molecule has 3 aromatic carbocycles. The van der Waals surface area contributed by atoms with Crippen LogP contribution in [0.15, 0.2) is 73.1 Å². The van der Waals surface area contributed by atoms with Crippen molar-refractivity contribution in [2.24, 2.45) is 0 Å². The number of hydrogen-bond acceptors (Lipinski definition) is 3. The number of carbonyl (C=O) groups is 2. The molecular formula is C23H19FN4O2. The average Bonchev–Trinajstić information content (AvgIpc) is 3.12. The molecule has 30 heavy (non-hydrogen) atoms. The number of imidazole rings is 1. The highest BCUT2D eigenvalue weighted by Gasteiger charge is 2.12. The number of aromatic nitrogens is 2. The largest absolute Gasteiger partial charge is 0.326 e. The number of amides is 2. The zero-order chi connectivity index (χ0) is 21.1. The van der Waals surface area contributed by atoms with Crippen LogP contribution in [0, 0.1) is 5.82 Å². The highest BCUT2D eigenvalue weighted by molar-refractivity contribution is 6.05. The van der Waals surface area contributed by atoms with Crippen LogP contribution in [-0.4, -0.2) is 21.4 Å². The Bertz CT molecular complexity index is 1250. The molecule has 0 aliphatic rings. The molecule has 1 heterocycles. The van der Waals surface area contributed by atoms with E-state index in [9.17, 15) is 14.0 Å². The van der Waals surface area contributed by atoms with E-state index < -0.39 is 17.6 Å². The molecule has 7 heteroatoms. The fourth-order valence-corrected chi connectivity index (χ4v) is 3.24. The van der Waals surface area contributed by atoms with Gasteiger partial charge in [-0.15, -0.1) is 0 Å². The molecule has 0 aliphatic carbocycles. The molecule has 0 saturated carbocycles. The van der Waals surface area contributed by atoms with Crippen LogP contribution in [0.5, 0.6) is 0 Å². The maximum Gasteiger partial charge on any atom is 0.255 e. The lowest BCUT2D eigenvalue weighted by Crippen LogP contribution is -2.14. The van der Waals surface area contributed by atoms with Gasteiger partial charge in [0.1, 0.15) is 5.82 Å². The first-order valence-corrected chi connectivity index (χ1v) is 9.37. The minimum absolute atomic E-state index is 0.0316. The Labute approximate surface area is 172 Å². The van der Waals surface area contributed by atoms with Crippen molar-refractivity contribution in [2.75, 3.05) is 10.6 Å². The van der Waals surface area contributed by atoms with Crippen LogP contribution in [0.4, 0.5) is 15.8 Å². The lowest BCUT2D eigenvalue weighted by Gasteiger charge is -2.10. The van der Waals surface area contributed by atoms with Gasteiger partial charge in [-0.1, -0.05) is 24.3 Å². The minimum atomic E-state index is -0.601. The zero-order valence-corrected chi connectivity index (χ0v) is 16.2. The fourth-order valence-electron chi connectivity index (χ4n) is 3.24. The second kappa shape index (κ2) is 8.16. The minimum Gasteiger partial charge on any atom is -0.326 e. The summed E-state index contributed by atoms with van der Waals surface area (Å²) in [7, 11) is 0. The third-order valence-electron chi connectivity index (χ3n) is 4.60. The number of halogens is 1. The summed E-state index contributed by atoms with van der Waals surface area (Å²) in [6.07, 6.45) is 1.79. The number of hydrogen-bond donors (Lipinski definition) is 2. The van der Waals surface area contributed by atoms with Gasteiger partial charge in [-0.2, -0.15) is 0 Å². The summed E-state index contributed by atoms with van der Waals surface area (Å²) in [5, 5.41) is 5.19. The second-order valence-electron chi connectivity index (χ2n) is 6.89. The molecule has 2 amide bonds. The highest BCUT2D eigenvalue weighted by Crippen LogP contribution is 2.19. The highest BCUT2D eigenvalue weighted by atomic mass is 19.1. The maximum absolute atomic E-state index is 13.8. The fraction of sp³-hybridized carbons (Fsp3) is 0.0870. The Kier molecular flexibility index (Phi) is 5.26. The summed E-state index contributed by atoms with van der Waals surface area (Å²) in [5.74, 6) is -1.41. The number of carbonyl (C=O) groups excluding carboxylic acids is 2. The molecule has 0 aliphatic heterocycles. The molecule has 6 nitrogen and oxygen atoms in total. The van der Waals surface area contributed by atoms with Gasteiger partial charge >= 0.3 is 0 Å². The van der Waals surface area contributed by atoms with Crippen LogP contribution in [0.25, 0.3) is 11.0 Å². The van der Waals surface area contributed by atoms with Crippen molar-refractivity contribution >= 4 is 34.2 Å². The zero-order valence-electron chi connectivity index (χ0n) is 16.2. The van der Waals surface area contributed by atoms with Crippen molar-refractivity contribution in [3.8, 4) is 0 Å². The molecule has 4 aromatic rings. The van der Waals surface area contributed by atoms with Gasteiger partial charge in [-0.05, 0) is 48.0 Å². The number of anilines is 2. The van der Waals surface area contributed by atoms with Gasteiger partial charge in [-0.3, -0.25) is 9.59 Å². The van der Waals surface area contributed by atoms with E-state index in [1.165, 1.54) is 19.1 Å². The van der Waals surface area contributed by atoms with Gasteiger partial charge in [0.05, 0.1) is 23.0 Å². The molecule has 1 aromatic heterocycles. The number of rotatable bonds is 5. The lowest BCUT2D eigenvalue weighted by atomic mass is 10.1. The summed E-state index contributed by atoms with van der Waals surface area (Å²) in [4.78, 5) is 28.2. The Morgan fingerprint density at radius 1 is 1.00 bits per heavy atom. The van der Waals surface area contributed by atoms with Crippen molar-refractivity contribution in [3.63, 3.8) is 0 Å². The Hall–Kier alpha value is -4.00. The quantitative estimate of drug-likeness (QED) is 0.518. The first kappa shape index (κ1) is 19.3. The van der Waals surface area contributed by atoms with Gasteiger partial charge in [0, 0.05) is 24.7 Å². The predicted octanol–water partition coefficient (Wildman–Crippen LogP) is 4.43. The predicted molar refractivity (Wildman–Crippen MR) is 114 cm³/mol. The lowest BCUT2D eigenvalue weighted by molar-refractivity contribution is -0.114. The van der Waals surface area contributed by atoms with Crippen LogP contribution < -0.4 is 10.6 Å². The molecular weight excluding hydrogens is 383 g/mol. The second-order valence-corrected chi connectivity index (χ2v) is 6.89. The van der Waals surface area contributed by atoms with Gasteiger partial charge in [0.2, 0.25) is 5.91 Å². The molecule has 0 saturated heterocycles. The van der Waals surface area contributed by atoms with Gasteiger partial charge in [0.25, 0.3) is 5.91 Å². The van der Waals surface area contributed by atoms with E-state index in [1.807, 2.05) is 47.0 Å². The molecule has 0 fully saturated rings. The number of fused-ring (bicyclic) bond motifs is 1. The van der Waals surface area contributed by atoms with E-state index in [1.54, 1.807) is 12.4 Å². The van der Waals surface area contributed by atoms with Crippen LogP contribution in [0.1, 0.15) is 22.8 Å². The molecule has 0 atom stereocenters. The van der Waals surface area contributed by atoms with Crippen LogP contribution in [0.3, 0.4) is 0 Å². The molecule has 150 valence electrons. The van der Waals surface area contributed by atoms with E-state index in [-0.39, 0.29) is 11.3 Å². The Balaban J connectivity index is 1.52. The van der Waals surface area contributed by atoms with E-state index in [2.05, 4.69) is 15.6 Å². The van der Waals surface area contributed by atoms with E-state index in [0.717, 1.165) is 22.7 Å². The molecule has 0 spiro atoms. The van der Waals surface area contributed by atoms with E-state index >= 15 is 0 Å². The van der Waals surface area contributed by atoms with Crippen LogP contribution in [-0.2, 0) is 11.3 Å². The van der Waals surface area contributed by atoms with Gasteiger partial charge in [0.15, 0.2) is 0 Å². The van der Waals surface area contributed by atoms with Gasteiger partial charge in [-0.25, -0.2) is 9.37 Å². The topological polar surface area (TPSA) is 76.0 Å². The summed E-state index contributed by atoms with van der Waals surface area (Å²) in [6, 6.07) is 19.2. The standard InChI is InChI=1S/C23H19FN4O2/c1-15(29)26-21-12-17(9-10-19(21)24)23(30)27-18-6-4-5-16(11-18)13-28-14-25-20-7-2-3-8-22(20)28/h2-12,14H,13H2,1H3,(H,26,29)(H,27,30). The Morgan fingerprint density at radius 3 is 2.67 bits per heavy atom. The maximum atomic E-state index is 13.8. The molecule has 4 rings (SSSR count). The summed E-state index contributed by atoms with van der Waals surface area (Å²) in [5.41, 5.74) is 3.78. The summed E-state index contributed by atoms with van der Waals surface area (Å²) >= 11 is 0. The van der Waals surface area contributed by atoms with Crippen LogP contribution >= 0.6 is 0 Å². The Morgan fingerprint density at radius 2 is 1.83 bits per heavy atom. The number of nitrogens with one attached hydrogen (secondary N) is 2. The number of benzene rings is 3. The van der Waals surface area contributed by atoms with Gasteiger partial charge < -0.3 is 15.2 Å². The molecule has 2 N–H and O–H groups in total. The van der Waals surface area contributed by atoms with Crippen molar-refractivity contribution in [2.45, 2.75) is 13.5 Å². The molecule has 0 unspecified atom stereocenters. The first-order valence-electron chi connectivity index (χ1n) is 9.37.